The van der Waals surface area contributed by atoms with Gasteiger partial charge in [0.05, 0.1) is 6.61 Å². The van der Waals surface area contributed by atoms with Crippen LogP contribution in [0, 0.1) is 17.3 Å². The van der Waals surface area contributed by atoms with E-state index in [1.54, 1.807) is 0 Å². The third-order valence-corrected chi connectivity index (χ3v) is 4.59. The Balaban J connectivity index is 1.50. The van der Waals surface area contributed by atoms with Crippen molar-refractivity contribution in [3.05, 3.63) is 0 Å². The summed E-state index contributed by atoms with van der Waals surface area (Å²) in [4.78, 5) is 0. The van der Waals surface area contributed by atoms with Gasteiger partial charge in [0.1, 0.15) is 0 Å². The molecular formula is C13H23NO2. The average Bonchev–Trinajstić information content (AvgIpc) is 3.06. The van der Waals surface area contributed by atoms with Crippen LogP contribution in [0.25, 0.3) is 0 Å². The number of hydrogen-bond donors (Lipinski definition) is 1. The summed E-state index contributed by atoms with van der Waals surface area (Å²) < 4.78 is 11.4. The minimum absolute atomic E-state index is 0.488. The average molecular weight is 225 g/mol. The predicted molar refractivity (Wildman–Crippen MR) is 62.4 cm³/mol. The number of rotatable bonds is 4. The van der Waals surface area contributed by atoms with Gasteiger partial charge in [-0.3, -0.25) is 0 Å². The fourth-order valence-electron chi connectivity index (χ4n) is 3.12. The molecule has 2 saturated heterocycles. The van der Waals surface area contributed by atoms with Crippen LogP contribution in [-0.4, -0.2) is 39.5 Å². The molecule has 1 atom stereocenters. The van der Waals surface area contributed by atoms with Crippen LogP contribution in [0.15, 0.2) is 0 Å². The molecule has 0 bridgehead atoms. The molecule has 3 fully saturated rings. The summed E-state index contributed by atoms with van der Waals surface area (Å²) in [5.41, 5.74) is 0.488. The lowest BCUT2D eigenvalue weighted by Crippen LogP contribution is -2.38. The highest BCUT2D eigenvalue weighted by molar-refractivity contribution is 4.96. The summed E-state index contributed by atoms with van der Waals surface area (Å²) in [7, 11) is 0. The van der Waals surface area contributed by atoms with Crippen LogP contribution in [0.3, 0.4) is 0 Å². The maximum Gasteiger partial charge on any atom is 0.0512 e. The molecule has 3 heteroatoms. The standard InChI is InChI=1S/C13H23NO2/c1-2-11(1)8-16-9-12-7-14-10-13(12)3-5-15-6-4-13/h11-12,14H,1-10H2/t12-/m0/s1. The molecule has 3 rings (SSSR count). The molecule has 1 saturated carbocycles. The third-order valence-electron chi connectivity index (χ3n) is 4.59. The normalized spacial score (nSPS) is 33.4. The van der Waals surface area contributed by atoms with Crippen LogP contribution in [0.4, 0.5) is 0 Å². The van der Waals surface area contributed by atoms with Gasteiger partial charge < -0.3 is 14.8 Å². The summed E-state index contributed by atoms with van der Waals surface area (Å²) in [6.07, 6.45) is 5.22. The quantitative estimate of drug-likeness (QED) is 0.785. The summed E-state index contributed by atoms with van der Waals surface area (Å²) in [6.45, 7) is 6.17. The van der Waals surface area contributed by atoms with Crippen LogP contribution >= 0.6 is 0 Å². The number of nitrogens with one attached hydrogen (secondary N) is 1. The molecule has 3 aliphatic rings. The molecular weight excluding hydrogens is 202 g/mol. The van der Waals surface area contributed by atoms with Crippen LogP contribution < -0.4 is 5.32 Å². The highest BCUT2D eigenvalue weighted by Crippen LogP contribution is 2.41. The van der Waals surface area contributed by atoms with Crippen molar-refractivity contribution in [2.75, 3.05) is 39.5 Å². The van der Waals surface area contributed by atoms with E-state index in [0.717, 1.165) is 44.8 Å². The van der Waals surface area contributed by atoms with E-state index in [-0.39, 0.29) is 0 Å². The van der Waals surface area contributed by atoms with Crippen molar-refractivity contribution >= 4 is 0 Å². The van der Waals surface area contributed by atoms with Crippen LogP contribution in [-0.2, 0) is 9.47 Å². The Hall–Kier alpha value is -0.120. The lowest BCUT2D eigenvalue weighted by atomic mass is 9.72. The van der Waals surface area contributed by atoms with E-state index in [4.69, 9.17) is 9.47 Å². The van der Waals surface area contributed by atoms with Gasteiger partial charge >= 0.3 is 0 Å². The van der Waals surface area contributed by atoms with Gasteiger partial charge in [-0.1, -0.05) is 0 Å². The van der Waals surface area contributed by atoms with Gasteiger partial charge in [-0.25, -0.2) is 0 Å². The Morgan fingerprint density at radius 3 is 2.75 bits per heavy atom. The van der Waals surface area contributed by atoms with Crippen molar-refractivity contribution in [2.45, 2.75) is 25.7 Å². The van der Waals surface area contributed by atoms with Gasteiger partial charge in [0, 0.05) is 38.8 Å². The number of ether oxygens (including phenoxy) is 2. The highest BCUT2D eigenvalue weighted by Gasteiger charge is 2.43. The first-order valence-electron chi connectivity index (χ1n) is 6.75. The van der Waals surface area contributed by atoms with Crippen molar-refractivity contribution in [1.29, 1.82) is 0 Å². The Labute approximate surface area is 97.9 Å². The summed E-state index contributed by atoms with van der Waals surface area (Å²) in [6, 6.07) is 0. The van der Waals surface area contributed by atoms with E-state index >= 15 is 0 Å². The van der Waals surface area contributed by atoms with E-state index in [1.165, 1.54) is 32.2 Å². The van der Waals surface area contributed by atoms with Gasteiger partial charge in [-0.05, 0) is 37.0 Å². The molecule has 0 aromatic rings. The lowest BCUT2D eigenvalue weighted by molar-refractivity contribution is -0.0236. The molecule has 1 aliphatic carbocycles. The van der Waals surface area contributed by atoms with E-state index in [2.05, 4.69) is 5.32 Å². The molecule has 1 N–H and O–H groups in total. The van der Waals surface area contributed by atoms with Gasteiger partial charge in [-0.15, -0.1) is 0 Å². The zero-order valence-electron chi connectivity index (χ0n) is 10.0. The Kier molecular flexibility index (Phi) is 3.18. The minimum Gasteiger partial charge on any atom is -0.381 e. The highest BCUT2D eigenvalue weighted by atomic mass is 16.5. The van der Waals surface area contributed by atoms with Crippen LogP contribution in [0.5, 0.6) is 0 Å². The predicted octanol–water partition coefficient (Wildman–Crippen LogP) is 1.43. The molecule has 92 valence electrons. The first-order valence-corrected chi connectivity index (χ1v) is 6.75. The van der Waals surface area contributed by atoms with Crippen molar-refractivity contribution < 1.29 is 9.47 Å². The Bertz CT molecular complexity index is 234. The zero-order chi connectivity index (χ0) is 10.8. The fourth-order valence-corrected chi connectivity index (χ4v) is 3.12. The molecule has 1 spiro atoms. The van der Waals surface area contributed by atoms with Gasteiger partial charge in [-0.2, -0.15) is 0 Å². The molecule has 0 amide bonds. The molecule has 0 aromatic heterocycles. The SMILES string of the molecule is C1CC2(CCO1)CNC[C@H]2COCC1CC1. The maximum absolute atomic E-state index is 5.89. The first kappa shape index (κ1) is 11.0. The minimum atomic E-state index is 0.488. The second kappa shape index (κ2) is 4.63. The van der Waals surface area contributed by atoms with Crippen LogP contribution in [0.1, 0.15) is 25.7 Å². The van der Waals surface area contributed by atoms with Crippen LogP contribution in [0.2, 0.25) is 0 Å². The molecule has 2 heterocycles. The van der Waals surface area contributed by atoms with Crippen molar-refractivity contribution in [3.8, 4) is 0 Å². The smallest absolute Gasteiger partial charge is 0.0512 e. The monoisotopic (exact) mass is 225 g/mol. The molecule has 16 heavy (non-hydrogen) atoms. The van der Waals surface area contributed by atoms with E-state index < -0.39 is 0 Å². The van der Waals surface area contributed by atoms with E-state index in [0.29, 0.717) is 5.41 Å². The molecule has 0 radical (unpaired) electrons. The fraction of sp³-hybridized carbons (Fsp3) is 1.00. The lowest BCUT2D eigenvalue weighted by Gasteiger charge is -2.37. The Morgan fingerprint density at radius 1 is 1.19 bits per heavy atom. The summed E-state index contributed by atoms with van der Waals surface area (Å²) in [5, 5.41) is 3.55. The van der Waals surface area contributed by atoms with Gasteiger partial charge in [0.2, 0.25) is 0 Å². The summed E-state index contributed by atoms with van der Waals surface area (Å²) in [5.74, 6) is 1.61. The maximum atomic E-state index is 5.89. The van der Waals surface area contributed by atoms with Crippen molar-refractivity contribution in [3.63, 3.8) is 0 Å². The molecule has 0 aromatic carbocycles. The second-order valence-corrected chi connectivity index (χ2v) is 5.78. The van der Waals surface area contributed by atoms with E-state index in [9.17, 15) is 0 Å². The number of hydrogen-bond acceptors (Lipinski definition) is 3. The summed E-state index contributed by atoms with van der Waals surface area (Å²) >= 11 is 0. The largest absolute Gasteiger partial charge is 0.381 e. The molecule has 2 aliphatic heterocycles. The zero-order valence-corrected chi connectivity index (χ0v) is 10.0. The topological polar surface area (TPSA) is 30.5 Å². The Morgan fingerprint density at radius 2 is 2.00 bits per heavy atom. The molecule has 0 unspecified atom stereocenters. The first-order chi connectivity index (χ1) is 7.89. The van der Waals surface area contributed by atoms with E-state index in [1.807, 2.05) is 0 Å². The van der Waals surface area contributed by atoms with Crippen molar-refractivity contribution in [2.24, 2.45) is 17.3 Å². The third kappa shape index (κ3) is 2.27. The van der Waals surface area contributed by atoms with Gasteiger partial charge in [0.15, 0.2) is 0 Å². The second-order valence-electron chi connectivity index (χ2n) is 5.78. The van der Waals surface area contributed by atoms with Gasteiger partial charge in [0.25, 0.3) is 0 Å². The van der Waals surface area contributed by atoms with Crippen molar-refractivity contribution in [1.82, 2.24) is 5.32 Å². The molecule has 3 nitrogen and oxygen atoms in total.